The largest absolute Gasteiger partial charge is 0.396 e. The van der Waals surface area contributed by atoms with Gasteiger partial charge < -0.3 is 20.2 Å². The van der Waals surface area contributed by atoms with Crippen LogP contribution in [0.1, 0.15) is 40.0 Å². The summed E-state index contributed by atoms with van der Waals surface area (Å²) in [5.41, 5.74) is 0.847. The van der Waals surface area contributed by atoms with Crippen molar-refractivity contribution in [3.05, 3.63) is 12.4 Å². The quantitative estimate of drug-likeness (QED) is 0.525. The molecule has 0 atom stereocenters. The molecule has 1 aromatic rings. The first-order valence-electron chi connectivity index (χ1n) is 9.91. The van der Waals surface area contributed by atoms with Crippen LogP contribution in [0.3, 0.4) is 0 Å². The van der Waals surface area contributed by atoms with E-state index in [2.05, 4.69) is 24.3 Å². The fourth-order valence-corrected chi connectivity index (χ4v) is 3.49. The number of nitrogens with one attached hydrogen (secondary N) is 1. The number of hydrogen-bond donors (Lipinski definition) is 2. The number of carbonyl (C=O) groups excluding carboxylic acids is 1. The third kappa shape index (κ3) is 5.22. The molecule has 0 spiro atoms. The second-order valence-electron chi connectivity index (χ2n) is 7.19. The second kappa shape index (κ2) is 9.73. The fraction of sp³-hybridized carbons (Fsp3) is 0.737. The van der Waals surface area contributed by atoms with Crippen LogP contribution in [0.5, 0.6) is 0 Å². The maximum absolute atomic E-state index is 12.7. The zero-order chi connectivity index (χ0) is 19.9. The van der Waals surface area contributed by atoms with Crippen molar-refractivity contribution < 1.29 is 9.90 Å². The van der Waals surface area contributed by atoms with E-state index in [0.29, 0.717) is 19.6 Å². The molecule has 0 saturated carbocycles. The molecule has 27 heavy (non-hydrogen) atoms. The van der Waals surface area contributed by atoms with Crippen LogP contribution >= 0.6 is 0 Å². The van der Waals surface area contributed by atoms with Crippen molar-refractivity contribution in [3.8, 4) is 0 Å². The number of guanidine groups is 1. The molecule has 152 valence electrons. The van der Waals surface area contributed by atoms with Gasteiger partial charge in [0, 0.05) is 46.0 Å². The monoisotopic (exact) mass is 378 g/mol. The van der Waals surface area contributed by atoms with E-state index in [1.807, 2.05) is 25.1 Å². The van der Waals surface area contributed by atoms with Gasteiger partial charge >= 0.3 is 0 Å². The highest BCUT2D eigenvalue weighted by molar-refractivity contribution is 5.98. The third-order valence-electron chi connectivity index (χ3n) is 5.56. The molecule has 1 amide bonds. The van der Waals surface area contributed by atoms with Crippen molar-refractivity contribution in [3.63, 3.8) is 0 Å². The highest BCUT2D eigenvalue weighted by Crippen LogP contribution is 2.30. The minimum atomic E-state index is 0.0109. The Morgan fingerprint density at radius 1 is 1.33 bits per heavy atom. The normalized spacial score (nSPS) is 16.2. The third-order valence-corrected chi connectivity index (χ3v) is 5.56. The molecule has 8 nitrogen and oxygen atoms in total. The smallest absolute Gasteiger partial charge is 0.246 e. The number of anilines is 1. The van der Waals surface area contributed by atoms with Crippen LogP contribution in [-0.2, 0) is 11.8 Å². The van der Waals surface area contributed by atoms with Crippen LogP contribution in [0.2, 0.25) is 0 Å². The number of amides is 1. The fourth-order valence-electron chi connectivity index (χ4n) is 3.49. The summed E-state index contributed by atoms with van der Waals surface area (Å²) in [5, 5.41) is 16.9. The Labute approximate surface area is 162 Å². The lowest BCUT2D eigenvalue weighted by Crippen LogP contribution is -2.55. The molecular weight excluding hydrogens is 344 g/mol. The Balaban J connectivity index is 2.09. The number of piperazine rings is 1. The average molecular weight is 379 g/mol. The molecule has 1 aliphatic rings. The van der Waals surface area contributed by atoms with Crippen LogP contribution in [0.4, 0.5) is 5.69 Å². The van der Waals surface area contributed by atoms with E-state index in [4.69, 9.17) is 4.99 Å². The Hall–Kier alpha value is -2.09. The predicted molar refractivity (Wildman–Crippen MR) is 108 cm³/mol. The zero-order valence-electron chi connectivity index (χ0n) is 17.1. The van der Waals surface area contributed by atoms with Crippen molar-refractivity contribution in [1.29, 1.82) is 0 Å². The lowest BCUT2D eigenvalue weighted by atomic mass is 9.79. The van der Waals surface area contributed by atoms with Gasteiger partial charge in [0.25, 0.3) is 0 Å². The molecule has 2 rings (SSSR count). The van der Waals surface area contributed by atoms with Gasteiger partial charge in [-0.05, 0) is 31.6 Å². The van der Waals surface area contributed by atoms with Gasteiger partial charge in [0.05, 0.1) is 11.9 Å². The zero-order valence-corrected chi connectivity index (χ0v) is 17.1. The summed E-state index contributed by atoms with van der Waals surface area (Å²) >= 11 is 0. The first-order valence-corrected chi connectivity index (χ1v) is 9.91. The summed E-state index contributed by atoms with van der Waals surface area (Å²) < 4.78 is 1.71. The molecule has 0 radical (unpaired) electrons. The summed E-state index contributed by atoms with van der Waals surface area (Å²) in [6.07, 6.45) is 6.27. The van der Waals surface area contributed by atoms with E-state index >= 15 is 0 Å². The van der Waals surface area contributed by atoms with Crippen LogP contribution in [0, 0.1) is 5.41 Å². The number of aromatic nitrogens is 2. The van der Waals surface area contributed by atoms with Crippen molar-refractivity contribution in [1.82, 2.24) is 20.0 Å². The van der Waals surface area contributed by atoms with Gasteiger partial charge in [-0.1, -0.05) is 13.8 Å². The van der Waals surface area contributed by atoms with Crippen molar-refractivity contribution in [2.45, 2.75) is 40.0 Å². The number of rotatable bonds is 8. The van der Waals surface area contributed by atoms with E-state index in [1.54, 1.807) is 15.8 Å². The molecule has 1 aromatic heterocycles. The topological polar surface area (TPSA) is 86.0 Å². The van der Waals surface area contributed by atoms with Crippen LogP contribution in [-0.4, -0.2) is 71.0 Å². The maximum atomic E-state index is 12.7. The number of aliphatic hydroxyl groups is 1. The molecule has 1 fully saturated rings. The van der Waals surface area contributed by atoms with Crippen molar-refractivity contribution >= 4 is 17.6 Å². The summed E-state index contributed by atoms with van der Waals surface area (Å²) in [5.74, 6) is 0.827. The summed E-state index contributed by atoms with van der Waals surface area (Å²) in [6.45, 7) is 9.54. The summed E-state index contributed by atoms with van der Waals surface area (Å²) in [6, 6.07) is 0. The molecule has 0 bridgehead atoms. The number of aryl methyl sites for hydroxylation is 1. The molecule has 8 heteroatoms. The minimum Gasteiger partial charge on any atom is -0.396 e. The van der Waals surface area contributed by atoms with Gasteiger partial charge in [-0.2, -0.15) is 5.10 Å². The number of hydrogen-bond acceptors (Lipinski definition) is 4. The lowest BCUT2D eigenvalue weighted by molar-refractivity contribution is -0.120. The first kappa shape index (κ1) is 21.2. The second-order valence-corrected chi connectivity index (χ2v) is 7.19. The molecule has 2 heterocycles. The Morgan fingerprint density at radius 2 is 2.07 bits per heavy atom. The molecule has 0 unspecified atom stereocenters. The maximum Gasteiger partial charge on any atom is 0.246 e. The van der Waals surface area contributed by atoms with Gasteiger partial charge in [0.15, 0.2) is 5.96 Å². The molecular formula is C19H34N6O2. The van der Waals surface area contributed by atoms with Crippen molar-refractivity contribution in [2.24, 2.45) is 17.5 Å². The molecule has 0 aliphatic carbocycles. The van der Waals surface area contributed by atoms with Gasteiger partial charge in [-0.3, -0.25) is 14.5 Å². The molecule has 2 N–H and O–H groups in total. The Kier molecular flexibility index (Phi) is 7.65. The summed E-state index contributed by atoms with van der Waals surface area (Å²) in [4.78, 5) is 21.3. The summed E-state index contributed by atoms with van der Waals surface area (Å²) in [7, 11) is 1.85. The predicted octanol–water partition coefficient (Wildman–Crippen LogP) is 1.22. The van der Waals surface area contributed by atoms with Crippen molar-refractivity contribution in [2.75, 3.05) is 44.2 Å². The van der Waals surface area contributed by atoms with E-state index in [0.717, 1.165) is 44.0 Å². The van der Waals surface area contributed by atoms with E-state index in [-0.39, 0.29) is 17.9 Å². The highest BCUT2D eigenvalue weighted by atomic mass is 16.3. The molecule has 1 aliphatic heterocycles. The van der Waals surface area contributed by atoms with Gasteiger partial charge in [0.2, 0.25) is 5.91 Å². The molecule has 1 saturated heterocycles. The van der Waals surface area contributed by atoms with Gasteiger partial charge in [0.1, 0.15) is 6.54 Å². The standard InChI is InChI=1S/C19H34N6O2/c1-5-19(6-2,8-11-26)15-21-18(20-7-3)24-9-10-25(17(27)14-24)16-12-22-23(4)13-16/h12-13,26H,5-11,14-15H2,1-4H3,(H,20,21). The SMILES string of the molecule is CCNC(=NCC(CC)(CC)CCO)N1CCN(c2cnn(C)c2)C(=O)C1. The van der Waals surface area contributed by atoms with E-state index in [9.17, 15) is 9.90 Å². The van der Waals surface area contributed by atoms with Crippen LogP contribution in [0.15, 0.2) is 17.4 Å². The Morgan fingerprint density at radius 3 is 2.59 bits per heavy atom. The number of carbonyl (C=O) groups is 1. The van der Waals surface area contributed by atoms with E-state index < -0.39 is 0 Å². The number of aliphatic hydroxyl groups excluding tert-OH is 1. The number of aliphatic imine (C=N–C) groups is 1. The Bertz CT molecular complexity index is 638. The molecule has 0 aromatic carbocycles. The van der Waals surface area contributed by atoms with Crippen LogP contribution in [0.25, 0.3) is 0 Å². The van der Waals surface area contributed by atoms with Crippen LogP contribution < -0.4 is 10.2 Å². The lowest BCUT2D eigenvalue weighted by Gasteiger charge is -2.36. The van der Waals surface area contributed by atoms with Gasteiger partial charge in [-0.25, -0.2) is 0 Å². The van der Waals surface area contributed by atoms with E-state index in [1.165, 1.54) is 0 Å². The highest BCUT2D eigenvalue weighted by Gasteiger charge is 2.29. The first-order chi connectivity index (χ1) is 13.0. The number of nitrogens with zero attached hydrogens (tertiary/aromatic N) is 5. The average Bonchev–Trinajstić information content (AvgIpc) is 3.10. The van der Waals surface area contributed by atoms with Gasteiger partial charge in [-0.15, -0.1) is 0 Å². The minimum absolute atomic E-state index is 0.0109.